The molecule has 1 aliphatic carbocycles. The minimum atomic E-state index is -0.0294. The maximum Gasteiger partial charge on any atom is 0.237 e. The summed E-state index contributed by atoms with van der Waals surface area (Å²) in [4.78, 5) is 21.3. The van der Waals surface area contributed by atoms with Crippen molar-refractivity contribution >= 4 is 11.7 Å². The maximum absolute atomic E-state index is 12.1. The average molecular weight is 288 g/mol. The predicted octanol–water partition coefficient (Wildman–Crippen LogP) is 1.18. The van der Waals surface area contributed by atoms with Gasteiger partial charge in [0.1, 0.15) is 5.82 Å². The molecule has 2 fully saturated rings. The highest BCUT2D eigenvalue weighted by Gasteiger charge is 2.30. The topological polar surface area (TPSA) is 48.5 Å². The Morgan fingerprint density at radius 1 is 1.29 bits per heavy atom. The van der Waals surface area contributed by atoms with Crippen LogP contribution in [-0.2, 0) is 4.79 Å². The number of piperazine rings is 1. The van der Waals surface area contributed by atoms with Crippen LogP contribution in [0.2, 0.25) is 0 Å². The lowest BCUT2D eigenvalue weighted by Gasteiger charge is -2.38. The third-order valence-corrected chi connectivity index (χ3v) is 4.36. The number of nitrogens with zero attached hydrogens (tertiary/aromatic N) is 3. The highest BCUT2D eigenvalue weighted by molar-refractivity contribution is 5.81. The zero-order valence-electron chi connectivity index (χ0n) is 12.9. The molecule has 1 amide bonds. The van der Waals surface area contributed by atoms with Crippen LogP contribution in [0.4, 0.5) is 5.82 Å². The summed E-state index contributed by atoms with van der Waals surface area (Å²) in [6.45, 7) is 7.71. The summed E-state index contributed by atoms with van der Waals surface area (Å²) in [5.41, 5.74) is 1.05. The second-order valence-corrected chi connectivity index (χ2v) is 6.12. The number of hydrogen-bond donors (Lipinski definition) is 1. The van der Waals surface area contributed by atoms with Gasteiger partial charge in [-0.15, -0.1) is 0 Å². The van der Waals surface area contributed by atoms with Crippen LogP contribution in [0.3, 0.4) is 0 Å². The first kappa shape index (κ1) is 14.3. The molecule has 2 heterocycles. The third kappa shape index (κ3) is 3.53. The molecule has 2 aliphatic rings. The summed E-state index contributed by atoms with van der Waals surface area (Å²) in [6.07, 6.45) is 2.29. The molecule has 0 bridgehead atoms. The Balaban J connectivity index is 1.53. The number of pyridine rings is 1. The lowest BCUT2D eigenvalue weighted by atomic mass is 10.2. The summed E-state index contributed by atoms with van der Waals surface area (Å²) in [7, 11) is 0. The minimum absolute atomic E-state index is 0.0294. The quantitative estimate of drug-likeness (QED) is 0.904. The molecule has 1 N–H and O–H groups in total. The van der Waals surface area contributed by atoms with Crippen molar-refractivity contribution in [2.24, 2.45) is 0 Å². The van der Waals surface area contributed by atoms with Gasteiger partial charge in [0.05, 0.1) is 6.04 Å². The predicted molar refractivity (Wildman–Crippen MR) is 83.4 cm³/mol. The lowest BCUT2D eigenvalue weighted by molar-refractivity contribution is -0.126. The third-order valence-electron chi connectivity index (χ3n) is 4.36. The van der Waals surface area contributed by atoms with Crippen LogP contribution in [0, 0.1) is 6.92 Å². The van der Waals surface area contributed by atoms with Gasteiger partial charge in [0.2, 0.25) is 5.91 Å². The van der Waals surface area contributed by atoms with Crippen LogP contribution >= 0.6 is 0 Å². The van der Waals surface area contributed by atoms with Gasteiger partial charge < -0.3 is 10.2 Å². The van der Waals surface area contributed by atoms with E-state index in [0.29, 0.717) is 6.04 Å². The molecule has 3 rings (SSSR count). The molecule has 1 saturated carbocycles. The Morgan fingerprint density at radius 3 is 2.62 bits per heavy atom. The molecule has 1 aliphatic heterocycles. The molecule has 21 heavy (non-hydrogen) atoms. The molecule has 0 radical (unpaired) electrons. The van der Waals surface area contributed by atoms with E-state index >= 15 is 0 Å². The van der Waals surface area contributed by atoms with Gasteiger partial charge in [-0.2, -0.15) is 0 Å². The van der Waals surface area contributed by atoms with Crippen molar-refractivity contribution < 1.29 is 4.79 Å². The molecule has 5 heteroatoms. The number of hydrogen-bond acceptors (Lipinski definition) is 4. The molecule has 1 aromatic heterocycles. The van der Waals surface area contributed by atoms with Crippen LogP contribution in [0.5, 0.6) is 0 Å². The van der Waals surface area contributed by atoms with Crippen LogP contribution in [0.25, 0.3) is 0 Å². The Labute approximate surface area is 126 Å². The van der Waals surface area contributed by atoms with Crippen molar-refractivity contribution in [1.82, 2.24) is 15.2 Å². The van der Waals surface area contributed by atoms with E-state index in [-0.39, 0.29) is 11.9 Å². The highest BCUT2D eigenvalue weighted by atomic mass is 16.2. The summed E-state index contributed by atoms with van der Waals surface area (Å²) in [6, 6.07) is 6.54. The van der Waals surface area contributed by atoms with Crippen molar-refractivity contribution in [3.05, 3.63) is 23.9 Å². The van der Waals surface area contributed by atoms with Crippen molar-refractivity contribution in [2.75, 3.05) is 31.1 Å². The zero-order chi connectivity index (χ0) is 14.8. The van der Waals surface area contributed by atoms with E-state index in [0.717, 1.165) is 50.5 Å². The number of carbonyl (C=O) groups excluding carboxylic acids is 1. The number of carbonyl (C=O) groups is 1. The van der Waals surface area contributed by atoms with Crippen LogP contribution in [-0.4, -0.2) is 54.1 Å². The Kier molecular flexibility index (Phi) is 4.10. The van der Waals surface area contributed by atoms with E-state index < -0.39 is 0 Å². The van der Waals surface area contributed by atoms with E-state index in [2.05, 4.69) is 32.2 Å². The van der Waals surface area contributed by atoms with E-state index in [9.17, 15) is 4.79 Å². The normalized spacial score (nSPS) is 21.1. The van der Waals surface area contributed by atoms with Gasteiger partial charge in [0.15, 0.2) is 0 Å². The summed E-state index contributed by atoms with van der Waals surface area (Å²) in [5.74, 6) is 1.23. The van der Waals surface area contributed by atoms with Crippen molar-refractivity contribution in [3.8, 4) is 0 Å². The maximum atomic E-state index is 12.1. The van der Waals surface area contributed by atoms with Gasteiger partial charge in [-0.05, 0) is 38.8 Å². The number of nitrogens with one attached hydrogen (secondary N) is 1. The first-order valence-corrected chi connectivity index (χ1v) is 7.86. The molecular formula is C16H24N4O. The van der Waals surface area contributed by atoms with Gasteiger partial charge in [0.25, 0.3) is 0 Å². The van der Waals surface area contributed by atoms with Crippen molar-refractivity contribution in [3.63, 3.8) is 0 Å². The van der Waals surface area contributed by atoms with Gasteiger partial charge in [0, 0.05) is 37.9 Å². The first-order valence-electron chi connectivity index (χ1n) is 7.86. The van der Waals surface area contributed by atoms with Crippen LogP contribution in [0.1, 0.15) is 25.5 Å². The molecule has 114 valence electrons. The van der Waals surface area contributed by atoms with Crippen molar-refractivity contribution in [2.45, 2.75) is 38.8 Å². The molecule has 0 aromatic carbocycles. The molecule has 0 spiro atoms. The fourth-order valence-corrected chi connectivity index (χ4v) is 2.76. The molecule has 1 atom stereocenters. The summed E-state index contributed by atoms with van der Waals surface area (Å²) >= 11 is 0. The number of amides is 1. The van der Waals surface area contributed by atoms with Gasteiger partial charge in [-0.1, -0.05) is 6.07 Å². The largest absolute Gasteiger partial charge is 0.354 e. The van der Waals surface area contributed by atoms with Gasteiger partial charge in [-0.3, -0.25) is 9.69 Å². The fraction of sp³-hybridized carbons (Fsp3) is 0.625. The number of rotatable bonds is 4. The fourth-order valence-electron chi connectivity index (χ4n) is 2.76. The molecular weight excluding hydrogens is 264 g/mol. The monoisotopic (exact) mass is 288 g/mol. The minimum Gasteiger partial charge on any atom is -0.354 e. The van der Waals surface area contributed by atoms with Crippen molar-refractivity contribution in [1.29, 1.82) is 0 Å². The Morgan fingerprint density at radius 2 is 2.00 bits per heavy atom. The Bertz CT molecular complexity index is 507. The van der Waals surface area contributed by atoms with E-state index in [1.807, 2.05) is 19.9 Å². The van der Waals surface area contributed by atoms with Crippen LogP contribution < -0.4 is 10.2 Å². The molecule has 1 saturated heterocycles. The molecule has 1 unspecified atom stereocenters. The number of aryl methyl sites for hydroxylation is 1. The zero-order valence-corrected chi connectivity index (χ0v) is 12.9. The van der Waals surface area contributed by atoms with Gasteiger partial charge in [-0.25, -0.2) is 4.98 Å². The average Bonchev–Trinajstić information content (AvgIpc) is 3.30. The van der Waals surface area contributed by atoms with E-state index in [1.54, 1.807) is 0 Å². The summed E-state index contributed by atoms with van der Waals surface area (Å²) in [5, 5.41) is 3.09. The van der Waals surface area contributed by atoms with Crippen LogP contribution in [0.15, 0.2) is 18.2 Å². The summed E-state index contributed by atoms with van der Waals surface area (Å²) < 4.78 is 0. The molecule has 5 nitrogen and oxygen atoms in total. The first-order chi connectivity index (χ1) is 10.1. The van der Waals surface area contributed by atoms with Gasteiger partial charge >= 0.3 is 0 Å². The second kappa shape index (κ2) is 6.02. The van der Waals surface area contributed by atoms with E-state index in [4.69, 9.17) is 0 Å². The standard InChI is InChI=1S/C16H24N4O/c1-12-4-3-5-15(17-12)20-10-8-19(9-11-20)13(2)16(21)18-14-6-7-14/h3-5,13-14H,6-11H2,1-2H3,(H,18,21). The number of anilines is 1. The second-order valence-electron chi connectivity index (χ2n) is 6.12. The molecule has 1 aromatic rings. The number of aromatic nitrogens is 1. The highest BCUT2D eigenvalue weighted by Crippen LogP contribution is 2.20. The Hall–Kier alpha value is -1.62. The lowest BCUT2D eigenvalue weighted by Crippen LogP contribution is -2.54. The SMILES string of the molecule is Cc1cccc(N2CCN(C(C)C(=O)NC3CC3)CC2)n1. The van der Waals surface area contributed by atoms with E-state index in [1.165, 1.54) is 0 Å². The smallest absolute Gasteiger partial charge is 0.237 e.